The lowest BCUT2D eigenvalue weighted by Crippen LogP contribution is -2.16. The molecule has 0 unspecified atom stereocenters. The Morgan fingerprint density at radius 2 is 1.53 bits per heavy atom. The summed E-state index contributed by atoms with van der Waals surface area (Å²) in [6.45, 7) is 2.11. The van der Waals surface area contributed by atoms with Crippen molar-refractivity contribution in [3.05, 3.63) is 94.8 Å². The van der Waals surface area contributed by atoms with Crippen LogP contribution in [0.5, 0.6) is 5.75 Å². The lowest BCUT2D eigenvalue weighted by atomic mass is 9.85. The Bertz CT molecular complexity index is 1080. The highest BCUT2D eigenvalue weighted by molar-refractivity contribution is 5.73. The van der Waals surface area contributed by atoms with E-state index in [1.165, 1.54) is 35.4 Å². The van der Waals surface area contributed by atoms with E-state index >= 15 is 4.39 Å². The van der Waals surface area contributed by atoms with Gasteiger partial charge in [-0.05, 0) is 64.8 Å². The number of hydrogen-bond acceptors (Lipinski definition) is 1. The van der Waals surface area contributed by atoms with Crippen LogP contribution in [0.2, 0.25) is 0 Å². The SMILES string of the molecule is CCc1ccc(C2=CCc3c(ccc(-c4ccc(OC(F)(F)F)cc4)c3F)C2)cc1. The zero-order valence-corrected chi connectivity index (χ0v) is 16.4. The van der Waals surface area contributed by atoms with Crippen LogP contribution in [-0.4, -0.2) is 6.36 Å². The first kappa shape index (κ1) is 20.2. The molecule has 0 bridgehead atoms. The highest BCUT2D eigenvalue weighted by Gasteiger charge is 2.31. The zero-order valence-electron chi connectivity index (χ0n) is 16.4. The number of allylic oxidation sites excluding steroid dienone is 2. The topological polar surface area (TPSA) is 9.23 Å². The molecule has 0 atom stereocenters. The third-order valence-corrected chi connectivity index (χ3v) is 5.41. The van der Waals surface area contributed by atoms with E-state index in [0.717, 1.165) is 17.5 Å². The summed E-state index contributed by atoms with van der Waals surface area (Å²) in [5.41, 5.74) is 6.04. The van der Waals surface area contributed by atoms with Crippen LogP contribution in [-0.2, 0) is 19.3 Å². The van der Waals surface area contributed by atoms with Crippen molar-refractivity contribution >= 4 is 5.57 Å². The molecule has 0 N–H and O–H groups in total. The standard InChI is InChI=1S/C25H20F4O/c1-2-16-3-5-17(6-4-16)19-9-13-23-20(15-19)10-14-22(24(23)26)18-7-11-21(12-8-18)30-25(27,28)29/h3-12,14H,2,13,15H2,1H3. The van der Waals surface area contributed by atoms with Gasteiger partial charge in [0, 0.05) is 5.56 Å². The molecule has 0 saturated carbocycles. The molecule has 0 aromatic heterocycles. The van der Waals surface area contributed by atoms with Gasteiger partial charge in [-0.25, -0.2) is 4.39 Å². The molecule has 4 rings (SSSR count). The molecule has 1 nitrogen and oxygen atoms in total. The van der Waals surface area contributed by atoms with Crippen LogP contribution in [0.3, 0.4) is 0 Å². The number of alkyl halides is 3. The van der Waals surface area contributed by atoms with Crippen LogP contribution in [0.15, 0.2) is 66.7 Å². The van der Waals surface area contributed by atoms with Gasteiger partial charge in [-0.3, -0.25) is 0 Å². The predicted molar refractivity (Wildman–Crippen MR) is 110 cm³/mol. The molecule has 5 heteroatoms. The van der Waals surface area contributed by atoms with E-state index in [-0.39, 0.29) is 11.6 Å². The van der Waals surface area contributed by atoms with Crippen molar-refractivity contribution in [2.45, 2.75) is 32.5 Å². The van der Waals surface area contributed by atoms with Crippen molar-refractivity contribution in [3.63, 3.8) is 0 Å². The number of rotatable bonds is 4. The normalized spacial score (nSPS) is 13.6. The second-order valence-corrected chi connectivity index (χ2v) is 7.30. The van der Waals surface area contributed by atoms with Gasteiger partial charge in [0.15, 0.2) is 0 Å². The fourth-order valence-electron chi connectivity index (χ4n) is 3.78. The number of hydrogen-bond donors (Lipinski definition) is 0. The Morgan fingerprint density at radius 3 is 2.17 bits per heavy atom. The number of halogens is 4. The van der Waals surface area contributed by atoms with Crippen LogP contribution in [0.1, 0.15) is 29.2 Å². The molecular weight excluding hydrogens is 392 g/mol. The van der Waals surface area contributed by atoms with E-state index in [1.54, 1.807) is 6.07 Å². The number of aryl methyl sites for hydroxylation is 1. The van der Waals surface area contributed by atoms with Gasteiger partial charge in [-0.2, -0.15) is 0 Å². The van der Waals surface area contributed by atoms with Crippen LogP contribution in [0, 0.1) is 5.82 Å². The first-order chi connectivity index (χ1) is 14.3. The maximum absolute atomic E-state index is 15.2. The van der Waals surface area contributed by atoms with Gasteiger partial charge >= 0.3 is 6.36 Å². The second-order valence-electron chi connectivity index (χ2n) is 7.30. The zero-order chi connectivity index (χ0) is 21.3. The minimum Gasteiger partial charge on any atom is -0.406 e. The molecule has 1 aliphatic rings. The van der Waals surface area contributed by atoms with E-state index in [0.29, 0.717) is 29.5 Å². The summed E-state index contributed by atoms with van der Waals surface area (Å²) < 4.78 is 56.0. The van der Waals surface area contributed by atoms with Gasteiger partial charge in [0.05, 0.1) is 0 Å². The number of fused-ring (bicyclic) bond motifs is 1. The van der Waals surface area contributed by atoms with E-state index in [1.807, 2.05) is 6.07 Å². The number of benzene rings is 3. The molecule has 1 aliphatic carbocycles. The largest absolute Gasteiger partial charge is 0.573 e. The quantitative estimate of drug-likeness (QED) is 0.414. The van der Waals surface area contributed by atoms with Crippen LogP contribution >= 0.6 is 0 Å². The highest BCUT2D eigenvalue weighted by Crippen LogP contribution is 2.35. The van der Waals surface area contributed by atoms with Crippen molar-refractivity contribution in [1.29, 1.82) is 0 Å². The average molecular weight is 412 g/mol. The van der Waals surface area contributed by atoms with Crippen LogP contribution in [0.25, 0.3) is 16.7 Å². The molecule has 0 fully saturated rings. The van der Waals surface area contributed by atoms with Crippen molar-refractivity contribution in [3.8, 4) is 16.9 Å². The van der Waals surface area contributed by atoms with E-state index in [9.17, 15) is 13.2 Å². The molecule has 0 aliphatic heterocycles. The van der Waals surface area contributed by atoms with Crippen molar-refractivity contribution < 1.29 is 22.3 Å². The molecule has 0 spiro atoms. The third kappa shape index (κ3) is 4.25. The molecule has 0 amide bonds. The lowest BCUT2D eigenvalue weighted by molar-refractivity contribution is -0.274. The summed E-state index contributed by atoms with van der Waals surface area (Å²) in [6, 6.07) is 17.3. The Balaban J connectivity index is 1.58. The average Bonchev–Trinajstić information content (AvgIpc) is 2.73. The van der Waals surface area contributed by atoms with Crippen molar-refractivity contribution in [2.24, 2.45) is 0 Å². The summed E-state index contributed by atoms with van der Waals surface area (Å²) in [5.74, 6) is -0.653. The van der Waals surface area contributed by atoms with Gasteiger partial charge in [0.25, 0.3) is 0 Å². The van der Waals surface area contributed by atoms with Crippen LogP contribution in [0.4, 0.5) is 17.6 Å². The summed E-state index contributed by atoms with van der Waals surface area (Å²) >= 11 is 0. The smallest absolute Gasteiger partial charge is 0.406 e. The predicted octanol–water partition coefficient (Wildman–Crippen LogP) is 7.14. The lowest BCUT2D eigenvalue weighted by Gasteiger charge is -2.20. The van der Waals surface area contributed by atoms with Gasteiger partial charge < -0.3 is 4.74 Å². The fourth-order valence-corrected chi connectivity index (χ4v) is 3.78. The van der Waals surface area contributed by atoms with Crippen LogP contribution < -0.4 is 4.74 Å². The molecule has 30 heavy (non-hydrogen) atoms. The van der Waals surface area contributed by atoms with E-state index in [2.05, 4.69) is 42.0 Å². The first-order valence-electron chi connectivity index (χ1n) is 9.79. The molecule has 3 aromatic carbocycles. The highest BCUT2D eigenvalue weighted by atomic mass is 19.4. The molecule has 0 heterocycles. The molecule has 0 saturated heterocycles. The van der Waals surface area contributed by atoms with Gasteiger partial charge in [0.2, 0.25) is 0 Å². The minimum atomic E-state index is -4.75. The molecule has 0 radical (unpaired) electrons. The fraction of sp³-hybridized carbons (Fsp3) is 0.200. The van der Waals surface area contributed by atoms with Gasteiger partial charge in [-0.15, -0.1) is 13.2 Å². The molecular formula is C25H20F4O. The minimum absolute atomic E-state index is 0.325. The van der Waals surface area contributed by atoms with Gasteiger partial charge in [0.1, 0.15) is 11.6 Å². The summed E-state index contributed by atoms with van der Waals surface area (Å²) in [6.07, 6.45) is -0.582. The maximum Gasteiger partial charge on any atom is 0.573 e. The van der Waals surface area contributed by atoms with E-state index in [4.69, 9.17) is 0 Å². The Labute approximate surface area is 172 Å². The Hall–Kier alpha value is -3.08. The monoisotopic (exact) mass is 412 g/mol. The first-order valence-corrected chi connectivity index (χ1v) is 9.79. The Kier molecular flexibility index (Phi) is 5.37. The maximum atomic E-state index is 15.2. The summed E-state index contributed by atoms with van der Waals surface area (Å²) in [5, 5.41) is 0. The van der Waals surface area contributed by atoms with Gasteiger partial charge in [-0.1, -0.05) is 61.5 Å². The molecule has 154 valence electrons. The van der Waals surface area contributed by atoms with Crippen molar-refractivity contribution in [2.75, 3.05) is 0 Å². The summed E-state index contributed by atoms with van der Waals surface area (Å²) in [4.78, 5) is 0. The van der Waals surface area contributed by atoms with E-state index < -0.39 is 6.36 Å². The Morgan fingerprint density at radius 1 is 0.867 bits per heavy atom. The summed E-state index contributed by atoms with van der Waals surface area (Å²) in [7, 11) is 0. The third-order valence-electron chi connectivity index (χ3n) is 5.41. The number of ether oxygens (including phenoxy) is 1. The molecule has 3 aromatic rings. The second kappa shape index (κ2) is 7.98. The van der Waals surface area contributed by atoms with Crippen molar-refractivity contribution in [1.82, 2.24) is 0 Å².